The molecule has 160 valence electrons. The second-order valence-corrected chi connectivity index (χ2v) is 6.92. The molecule has 0 saturated heterocycles. The van der Waals surface area contributed by atoms with Crippen LogP contribution in [-0.4, -0.2) is 40.1 Å². The van der Waals surface area contributed by atoms with Crippen molar-refractivity contribution in [2.24, 2.45) is 0 Å². The Bertz CT molecular complexity index is 1180. The van der Waals surface area contributed by atoms with E-state index in [1.807, 2.05) is 54.5 Å². The standard InChI is InChI=1S/C24H22N6O2/c1-25-21-13-19(9-10-27-21)20-7-8-22(29-14-20)30(23-15-26-11-12-28-23)16-17-3-5-18(6-4-17)24(31)32-2/h3-15H,16H2,1-2H3,(H,25,27). The maximum atomic E-state index is 11.7. The van der Waals surface area contributed by atoms with Crippen LogP contribution in [0.3, 0.4) is 0 Å². The van der Waals surface area contributed by atoms with Gasteiger partial charge in [0, 0.05) is 37.4 Å². The van der Waals surface area contributed by atoms with Crippen molar-refractivity contribution in [3.05, 3.63) is 90.6 Å². The van der Waals surface area contributed by atoms with E-state index in [2.05, 4.69) is 25.3 Å². The summed E-state index contributed by atoms with van der Waals surface area (Å²) < 4.78 is 4.77. The number of carbonyl (C=O) groups excluding carboxylic acids is 1. The monoisotopic (exact) mass is 426 g/mol. The number of ether oxygens (including phenoxy) is 1. The highest BCUT2D eigenvalue weighted by Crippen LogP contribution is 2.27. The highest BCUT2D eigenvalue weighted by molar-refractivity contribution is 5.89. The summed E-state index contributed by atoms with van der Waals surface area (Å²) in [5, 5.41) is 3.05. The smallest absolute Gasteiger partial charge is 0.337 e. The Labute approximate surface area is 186 Å². The number of carbonyl (C=O) groups is 1. The van der Waals surface area contributed by atoms with Crippen molar-refractivity contribution in [1.82, 2.24) is 19.9 Å². The summed E-state index contributed by atoms with van der Waals surface area (Å²) >= 11 is 0. The first-order chi connectivity index (χ1) is 15.7. The molecular formula is C24H22N6O2. The van der Waals surface area contributed by atoms with Gasteiger partial charge in [-0.2, -0.15) is 0 Å². The molecule has 4 rings (SSSR count). The van der Waals surface area contributed by atoms with Gasteiger partial charge < -0.3 is 15.0 Å². The van der Waals surface area contributed by atoms with Gasteiger partial charge in [0.15, 0.2) is 5.82 Å². The lowest BCUT2D eigenvalue weighted by Gasteiger charge is -2.23. The van der Waals surface area contributed by atoms with Gasteiger partial charge in [0.1, 0.15) is 11.6 Å². The van der Waals surface area contributed by atoms with E-state index in [1.54, 1.807) is 36.9 Å². The largest absolute Gasteiger partial charge is 0.465 e. The maximum absolute atomic E-state index is 11.7. The summed E-state index contributed by atoms with van der Waals surface area (Å²) in [5.41, 5.74) is 3.49. The molecule has 0 aliphatic heterocycles. The second kappa shape index (κ2) is 9.65. The van der Waals surface area contributed by atoms with Crippen molar-refractivity contribution >= 4 is 23.4 Å². The predicted octanol–water partition coefficient (Wildman–Crippen LogP) is 4.10. The first-order valence-corrected chi connectivity index (χ1v) is 9.99. The van der Waals surface area contributed by atoms with Crippen LogP contribution in [0, 0.1) is 0 Å². The quantitative estimate of drug-likeness (QED) is 0.442. The first kappa shape index (κ1) is 20.9. The molecule has 3 heterocycles. The number of esters is 1. The van der Waals surface area contributed by atoms with Gasteiger partial charge in [0.05, 0.1) is 25.4 Å². The minimum absolute atomic E-state index is 0.364. The Balaban J connectivity index is 1.63. The Morgan fingerprint density at radius 2 is 1.75 bits per heavy atom. The molecule has 8 heteroatoms. The fraction of sp³-hybridized carbons (Fsp3) is 0.125. The zero-order valence-electron chi connectivity index (χ0n) is 17.8. The van der Waals surface area contributed by atoms with Crippen LogP contribution < -0.4 is 10.2 Å². The molecule has 8 nitrogen and oxygen atoms in total. The third-order valence-electron chi connectivity index (χ3n) is 4.92. The van der Waals surface area contributed by atoms with Crippen molar-refractivity contribution in [3.63, 3.8) is 0 Å². The molecule has 0 fully saturated rings. The van der Waals surface area contributed by atoms with Crippen molar-refractivity contribution in [2.45, 2.75) is 6.54 Å². The zero-order chi connectivity index (χ0) is 22.3. The number of methoxy groups -OCH3 is 1. The van der Waals surface area contributed by atoms with Gasteiger partial charge in [-0.1, -0.05) is 12.1 Å². The molecule has 0 saturated carbocycles. The fourth-order valence-electron chi connectivity index (χ4n) is 3.22. The van der Waals surface area contributed by atoms with Crippen LogP contribution in [0.15, 0.2) is 79.5 Å². The molecule has 0 spiro atoms. The molecule has 4 aromatic rings. The zero-order valence-corrected chi connectivity index (χ0v) is 17.8. The minimum atomic E-state index is -0.364. The van der Waals surface area contributed by atoms with E-state index in [9.17, 15) is 4.79 Å². The van der Waals surface area contributed by atoms with Crippen LogP contribution in [0.1, 0.15) is 15.9 Å². The van der Waals surface area contributed by atoms with Crippen molar-refractivity contribution in [3.8, 4) is 11.1 Å². The van der Waals surface area contributed by atoms with E-state index in [-0.39, 0.29) is 5.97 Å². The van der Waals surface area contributed by atoms with E-state index in [1.165, 1.54) is 7.11 Å². The number of nitrogens with one attached hydrogen (secondary N) is 1. The number of aromatic nitrogens is 4. The van der Waals surface area contributed by atoms with Crippen molar-refractivity contribution < 1.29 is 9.53 Å². The Morgan fingerprint density at radius 1 is 0.906 bits per heavy atom. The summed E-state index contributed by atoms with van der Waals surface area (Å²) in [6.07, 6.45) is 8.56. The Hall–Kier alpha value is -4.33. The molecule has 0 bridgehead atoms. The number of nitrogens with zero attached hydrogens (tertiary/aromatic N) is 5. The van der Waals surface area contributed by atoms with Crippen LogP contribution in [0.2, 0.25) is 0 Å². The van der Waals surface area contributed by atoms with E-state index in [0.717, 1.165) is 28.3 Å². The van der Waals surface area contributed by atoms with Crippen LogP contribution in [0.25, 0.3) is 11.1 Å². The topological polar surface area (TPSA) is 93.1 Å². The molecule has 1 aromatic carbocycles. The number of rotatable bonds is 7. The van der Waals surface area contributed by atoms with E-state index < -0.39 is 0 Å². The van der Waals surface area contributed by atoms with Gasteiger partial charge in [-0.3, -0.25) is 4.98 Å². The number of anilines is 3. The van der Waals surface area contributed by atoms with Gasteiger partial charge in [-0.25, -0.2) is 19.7 Å². The van der Waals surface area contributed by atoms with Gasteiger partial charge >= 0.3 is 5.97 Å². The average Bonchev–Trinajstić information content (AvgIpc) is 2.88. The number of pyridine rings is 2. The fourth-order valence-corrected chi connectivity index (χ4v) is 3.22. The molecule has 0 aliphatic carbocycles. The second-order valence-electron chi connectivity index (χ2n) is 6.92. The van der Waals surface area contributed by atoms with Crippen LogP contribution in [0.4, 0.5) is 17.5 Å². The lowest BCUT2D eigenvalue weighted by molar-refractivity contribution is 0.0600. The summed E-state index contributed by atoms with van der Waals surface area (Å²) in [4.78, 5) is 31.3. The van der Waals surface area contributed by atoms with Crippen molar-refractivity contribution in [2.75, 3.05) is 24.4 Å². The molecular weight excluding hydrogens is 404 g/mol. The van der Waals surface area contributed by atoms with Gasteiger partial charge in [-0.15, -0.1) is 0 Å². The summed E-state index contributed by atoms with van der Waals surface area (Å²) in [7, 11) is 3.21. The van der Waals surface area contributed by atoms with Gasteiger partial charge in [0.25, 0.3) is 0 Å². The lowest BCUT2D eigenvalue weighted by atomic mass is 10.1. The van der Waals surface area contributed by atoms with Crippen molar-refractivity contribution in [1.29, 1.82) is 0 Å². The summed E-state index contributed by atoms with van der Waals surface area (Å²) in [5.74, 6) is 1.83. The van der Waals surface area contributed by atoms with E-state index in [4.69, 9.17) is 4.74 Å². The third-order valence-corrected chi connectivity index (χ3v) is 4.92. The number of hydrogen-bond acceptors (Lipinski definition) is 8. The summed E-state index contributed by atoms with van der Waals surface area (Å²) in [6, 6.07) is 15.2. The van der Waals surface area contributed by atoms with Gasteiger partial charge in [-0.05, 0) is 47.5 Å². The highest BCUT2D eigenvalue weighted by atomic mass is 16.5. The molecule has 1 N–H and O–H groups in total. The average molecular weight is 426 g/mol. The highest BCUT2D eigenvalue weighted by Gasteiger charge is 2.14. The normalized spacial score (nSPS) is 10.4. The van der Waals surface area contributed by atoms with E-state index in [0.29, 0.717) is 17.9 Å². The Morgan fingerprint density at radius 3 is 2.41 bits per heavy atom. The molecule has 0 atom stereocenters. The molecule has 0 aliphatic rings. The molecule has 0 radical (unpaired) electrons. The number of benzene rings is 1. The van der Waals surface area contributed by atoms with E-state index >= 15 is 0 Å². The molecule has 0 amide bonds. The Kier molecular flexibility index (Phi) is 6.31. The third kappa shape index (κ3) is 4.70. The molecule has 32 heavy (non-hydrogen) atoms. The van der Waals surface area contributed by atoms with Gasteiger partial charge in [0.2, 0.25) is 0 Å². The molecule has 0 unspecified atom stereocenters. The number of hydrogen-bond donors (Lipinski definition) is 1. The molecule has 3 aromatic heterocycles. The first-order valence-electron chi connectivity index (χ1n) is 9.99. The lowest BCUT2D eigenvalue weighted by Crippen LogP contribution is -2.19. The SMILES string of the molecule is CNc1cc(-c2ccc(N(Cc3ccc(C(=O)OC)cc3)c3cnccn3)nc2)ccn1. The van der Waals surface area contributed by atoms with Crippen LogP contribution in [0.5, 0.6) is 0 Å². The van der Waals surface area contributed by atoms with Crippen LogP contribution >= 0.6 is 0 Å². The predicted molar refractivity (Wildman–Crippen MR) is 123 cm³/mol. The maximum Gasteiger partial charge on any atom is 0.337 e. The minimum Gasteiger partial charge on any atom is -0.465 e. The summed E-state index contributed by atoms with van der Waals surface area (Å²) in [6.45, 7) is 0.506. The van der Waals surface area contributed by atoms with Crippen LogP contribution in [-0.2, 0) is 11.3 Å².